The number of aryl methyl sites for hydroxylation is 1. The van der Waals surface area contributed by atoms with E-state index in [0.717, 1.165) is 5.65 Å². The van der Waals surface area contributed by atoms with E-state index in [1.165, 1.54) is 0 Å². The second-order valence-corrected chi connectivity index (χ2v) is 3.54. The van der Waals surface area contributed by atoms with E-state index in [1.54, 1.807) is 6.07 Å². The zero-order valence-corrected chi connectivity index (χ0v) is 8.49. The minimum Gasteiger partial charge on any atom is -0.335 e. The van der Waals surface area contributed by atoms with Crippen LogP contribution in [0.4, 0.5) is 0 Å². The molecule has 0 aliphatic carbocycles. The summed E-state index contributed by atoms with van der Waals surface area (Å²) in [6.45, 7) is 0. The third-order valence-electron chi connectivity index (χ3n) is 1.71. The highest BCUT2D eigenvalue weighted by atomic mass is 127. The van der Waals surface area contributed by atoms with E-state index in [9.17, 15) is 4.79 Å². The molecule has 0 amide bonds. The Labute approximate surface area is 81.8 Å². The quantitative estimate of drug-likeness (QED) is 0.573. The molecule has 12 heavy (non-hydrogen) atoms. The first-order valence-electron chi connectivity index (χ1n) is 3.39. The van der Waals surface area contributed by atoms with Crippen molar-refractivity contribution in [3.8, 4) is 0 Å². The first-order chi connectivity index (χ1) is 5.68. The van der Waals surface area contributed by atoms with Crippen molar-refractivity contribution in [2.45, 2.75) is 0 Å². The van der Waals surface area contributed by atoms with Crippen LogP contribution >= 0.6 is 22.6 Å². The normalized spacial score (nSPS) is 10.8. The van der Waals surface area contributed by atoms with Crippen LogP contribution in [0.1, 0.15) is 0 Å². The van der Waals surface area contributed by atoms with Crippen molar-refractivity contribution in [1.82, 2.24) is 14.5 Å². The first kappa shape index (κ1) is 7.78. The van der Waals surface area contributed by atoms with Crippen LogP contribution in [-0.4, -0.2) is 14.5 Å². The zero-order chi connectivity index (χ0) is 8.72. The molecule has 4 nitrogen and oxygen atoms in total. The molecule has 0 unspecified atom stereocenters. The van der Waals surface area contributed by atoms with Crippen molar-refractivity contribution in [2.24, 2.45) is 7.05 Å². The van der Waals surface area contributed by atoms with Gasteiger partial charge in [0.2, 0.25) is 0 Å². The maximum atomic E-state index is 11.3. The van der Waals surface area contributed by atoms with Crippen LogP contribution in [0.2, 0.25) is 0 Å². The molecule has 2 aromatic rings. The van der Waals surface area contributed by atoms with E-state index in [0.29, 0.717) is 9.22 Å². The molecule has 0 aliphatic rings. The standard InChI is InChI=1S/C7H6IN3O/c1-11-3-2-4-5(11)9-7(8)10-6(4)12/h2-3H,1H3,(H,9,10,12). The summed E-state index contributed by atoms with van der Waals surface area (Å²) in [7, 11) is 1.87. The number of hydrogen-bond acceptors (Lipinski definition) is 2. The van der Waals surface area contributed by atoms with Gasteiger partial charge in [0.25, 0.3) is 5.56 Å². The molecule has 5 heteroatoms. The fourth-order valence-electron chi connectivity index (χ4n) is 1.12. The Morgan fingerprint density at radius 3 is 3.17 bits per heavy atom. The van der Waals surface area contributed by atoms with Gasteiger partial charge in [-0.25, -0.2) is 4.98 Å². The molecule has 2 aromatic heterocycles. The molecule has 0 aliphatic heterocycles. The van der Waals surface area contributed by atoms with Crippen molar-refractivity contribution >= 4 is 33.6 Å². The number of hydrogen-bond donors (Lipinski definition) is 1. The summed E-state index contributed by atoms with van der Waals surface area (Å²) in [5.41, 5.74) is 0.646. The van der Waals surface area contributed by atoms with Crippen molar-refractivity contribution in [2.75, 3.05) is 0 Å². The summed E-state index contributed by atoms with van der Waals surface area (Å²) in [5.74, 6) is 0. The van der Waals surface area contributed by atoms with Crippen LogP contribution in [0.5, 0.6) is 0 Å². The number of rotatable bonds is 0. The molecule has 0 saturated heterocycles. The smallest absolute Gasteiger partial charge is 0.260 e. The van der Waals surface area contributed by atoms with E-state index in [4.69, 9.17) is 0 Å². The molecule has 62 valence electrons. The predicted octanol–water partition coefficient (Wildman–Crippen LogP) is 0.866. The third-order valence-corrected chi connectivity index (χ3v) is 2.22. The van der Waals surface area contributed by atoms with Gasteiger partial charge in [0.1, 0.15) is 5.65 Å². The Balaban J connectivity index is 3.03. The highest BCUT2D eigenvalue weighted by molar-refractivity contribution is 14.1. The maximum Gasteiger partial charge on any atom is 0.260 e. The number of H-pyrrole nitrogens is 1. The minimum absolute atomic E-state index is 0.0787. The van der Waals surface area contributed by atoms with Gasteiger partial charge in [-0.1, -0.05) is 0 Å². The van der Waals surface area contributed by atoms with E-state index < -0.39 is 0 Å². The van der Waals surface area contributed by atoms with Gasteiger partial charge in [-0.15, -0.1) is 0 Å². The number of nitrogens with one attached hydrogen (secondary N) is 1. The van der Waals surface area contributed by atoms with Gasteiger partial charge in [0.05, 0.1) is 5.39 Å². The molecule has 1 N–H and O–H groups in total. The molecule has 0 aromatic carbocycles. The Morgan fingerprint density at radius 2 is 2.42 bits per heavy atom. The largest absolute Gasteiger partial charge is 0.335 e. The van der Waals surface area contributed by atoms with Crippen molar-refractivity contribution < 1.29 is 0 Å². The van der Waals surface area contributed by atoms with Gasteiger partial charge >= 0.3 is 0 Å². The molecule has 0 bridgehead atoms. The van der Waals surface area contributed by atoms with Crippen LogP contribution in [-0.2, 0) is 7.05 Å². The van der Waals surface area contributed by atoms with Crippen LogP contribution in [0.3, 0.4) is 0 Å². The van der Waals surface area contributed by atoms with Gasteiger partial charge in [-0.2, -0.15) is 0 Å². The SMILES string of the molecule is Cn1ccc2c(=O)[nH]c(I)nc21. The predicted molar refractivity (Wildman–Crippen MR) is 54.1 cm³/mol. The van der Waals surface area contributed by atoms with Gasteiger partial charge in [0, 0.05) is 13.2 Å². The molecule has 0 saturated carbocycles. The fraction of sp³-hybridized carbons (Fsp3) is 0.143. The molecule has 0 radical (unpaired) electrons. The lowest BCUT2D eigenvalue weighted by Crippen LogP contribution is -2.09. The number of aromatic nitrogens is 3. The second kappa shape index (κ2) is 2.58. The van der Waals surface area contributed by atoms with Crippen LogP contribution < -0.4 is 5.56 Å². The Kier molecular flexibility index (Phi) is 1.67. The molecule has 0 atom stereocenters. The minimum atomic E-state index is -0.0787. The molecular formula is C7H6IN3O. The van der Waals surface area contributed by atoms with E-state index in [2.05, 4.69) is 9.97 Å². The molecule has 2 heterocycles. The van der Waals surface area contributed by atoms with E-state index in [-0.39, 0.29) is 5.56 Å². The summed E-state index contributed by atoms with van der Waals surface area (Å²) < 4.78 is 2.44. The van der Waals surface area contributed by atoms with Crippen LogP contribution in [0, 0.1) is 3.83 Å². The van der Waals surface area contributed by atoms with Gasteiger partial charge in [-0.3, -0.25) is 4.79 Å². The topological polar surface area (TPSA) is 50.7 Å². The van der Waals surface area contributed by atoms with Gasteiger partial charge in [0.15, 0.2) is 3.83 Å². The fourth-order valence-corrected chi connectivity index (χ4v) is 1.59. The lowest BCUT2D eigenvalue weighted by molar-refractivity contribution is 0.934. The number of nitrogens with zero attached hydrogens (tertiary/aromatic N) is 2. The van der Waals surface area contributed by atoms with Crippen molar-refractivity contribution in [3.05, 3.63) is 26.4 Å². The second-order valence-electron chi connectivity index (χ2n) is 2.52. The summed E-state index contributed by atoms with van der Waals surface area (Å²) in [4.78, 5) is 18.1. The maximum absolute atomic E-state index is 11.3. The Bertz CT molecular complexity index is 485. The molecule has 0 spiro atoms. The van der Waals surface area contributed by atoms with E-state index >= 15 is 0 Å². The average molecular weight is 275 g/mol. The number of fused-ring (bicyclic) bond motifs is 1. The van der Waals surface area contributed by atoms with E-state index in [1.807, 2.05) is 40.4 Å². The summed E-state index contributed by atoms with van der Waals surface area (Å²) >= 11 is 1.99. The lowest BCUT2D eigenvalue weighted by Gasteiger charge is -1.94. The summed E-state index contributed by atoms with van der Waals surface area (Å²) in [6.07, 6.45) is 1.82. The lowest BCUT2D eigenvalue weighted by atomic mass is 10.4. The summed E-state index contributed by atoms with van der Waals surface area (Å²) in [6, 6.07) is 1.76. The number of aromatic amines is 1. The zero-order valence-electron chi connectivity index (χ0n) is 6.34. The van der Waals surface area contributed by atoms with Crippen LogP contribution in [0.25, 0.3) is 11.0 Å². The first-order valence-corrected chi connectivity index (χ1v) is 4.47. The molecule has 2 rings (SSSR count). The highest BCUT2D eigenvalue weighted by Crippen LogP contribution is 2.07. The third kappa shape index (κ3) is 1.04. The Hall–Kier alpha value is -0.850. The highest BCUT2D eigenvalue weighted by Gasteiger charge is 2.03. The van der Waals surface area contributed by atoms with Crippen LogP contribution in [0.15, 0.2) is 17.1 Å². The monoisotopic (exact) mass is 275 g/mol. The Morgan fingerprint density at radius 1 is 1.67 bits per heavy atom. The number of halogens is 1. The van der Waals surface area contributed by atoms with Crippen molar-refractivity contribution in [1.29, 1.82) is 0 Å². The average Bonchev–Trinajstić information content (AvgIpc) is 2.33. The van der Waals surface area contributed by atoms with Gasteiger partial charge < -0.3 is 9.55 Å². The van der Waals surface area contributed by atoms with Crippen molar-refractivity contribution in [3.63, 3.8) is 0 Å². The summed E-state index contributed by atoms with van der Waals surface area (Å²) in [5, 5.41) is 0.637. The van der Waals surface area contributed by atoms with Gasteiger partial charge in [-0.05, 0) is 28.7 Å². The molecule has 0 fully saturated rings. The molecular weight excluding hydrogens is 269 g/mol.